The van der Waals surface area contributed by atoms with Crippen molar-refractivity contribution in [1.29, 1.82) is 5.26 Å². The minimum Gasteiger partial charge on any atom is -0.367 e. The van der Waals surface area contributed by atoms with Crippen molar-refractivity contribution < 1.29 is 14.3 Å². The van der Waals surface area contributed by atoms with Crippen LogP contribution in [0.25, 0.3) is 21.3 Å². The minimum absolute atomic E-state index is 0.270. The van der Waals surface area contributed by atoms with Crippen molar-refractivity contribution >= 4 is 33.4 Å². The number of rotatable bonds is 6. The molecule has 3 heterocycles. The second-order valence-corrected chi connectivity index (χ2v) is 9.00. The van der Waals surface area contributed by atoms with Crippen LogP contribution in [0.4, 0.5) is 0 Å². The topological polar surface area (TPSA) is 130 Å². The molecule has 0 unspecified atom stereocenters. The number of carbonyl (C=O) groups is 2. The maximum Gasteiger partial charge on any atom is 0.259 e. The van der Waals surface area contributed by atoms with Gasteiger partial charge in [0.2, 0.25) is 0 Å². The van der Waals surface area contributed by atoms with E-state index < -0.39 is 18.1 Å². The lowest BCUT2D eigenvalue weighted by molar-refractivity contribution is -0.132. The van der Waals surface area contributed by atoms with Crippen molar-refractivity contribution in [3.05, 3.63) is 52.5 Å². The van der Waals surface area contributed by atoms with E-state index >= 15 is 0 Å². The third-order valence-electron chi connectivity index (χ3n) is 5.66. The number of fused-ring (bicyclic) bond motifs is 1. The van der Waals surface area contributed by atoms with Crippen LogP contribution in [0.2, 0.25) is 0 Å². The summed E-state index contributed by atoms with van der Waals surface area (Å²) >= 11 is 1.30. The number of hydrogen-bond acceptors (Lipinski definition) is 7. The molecule has 4 N–H and O–H groups in total. The molecule has 1 aliphatic rings. The van der Waals surface area contributed by atoms with Crippen LogP contribution < -0.4 is 16.4 Å². The fraction of sp³-hybridized carbons (Fsp3) is 0.333. The van der Waals surface area contributed by atoms with Crippen LogP contribution in [-0.2, 0) is 16.0 Å². The van der Waals surface area contributed by atoms with Crippen LogP contribution in [0, 0.1) is 18.3 Å². The number of amides is 2. The number of carbonyl (C=O) groups excluding carboxylic acids is 2. The summed E-state index contributed by atoms with van der Waals surface area (Å²) in [6.07, 6.45) is 2.45. The average molecular weight is 464 g/mol. The Morgan fingerprint density at radius 3 is 2.88 bits per heavy atom. The third-order valence-corrected chi connectivity index (χ3v) is 6.89. The van der Waals surface area contributed by atoms with E-state index in [2.05, 4.69) is 21.7 Å². The summed E-state index contributed by atoms with van der Waals surface area (Å²) in [5.74, 6) is -0.712. The fourth-order valence-electron chi connectivity index (χ4n) is 3.84. The molecule has 8 nitrogen and oxygen atoms in total. The molecule has 0 spiro atoms. The molecule has 33 heavy (non-hydrogen) atoms. The highest BCUT2D eigenvalue weighted by molar-refractivity contribution is 7.20. The maximum atomic E-state index is 12.5. The predicted octanol–water partition coefficient (Wildman–Crippen LogP) is 2.30. The molecular weight excluding hydrogens is 438 g/mol. The van der Waals surface area contributed by atoms with E-state index in [1.54, 1.807) is 6.20 Å². The van der Waals surface area contributed by atoms with Crippen molar-refractivity contribution in [1.82, 2.24) is 15.6 Å². The Kier molecular flexibility index (Phi) is 6.99. The Morgan fingerprint density at radius 1 is 1.36 bits per heavy atom. The Hall–Kier alpha value is -3.32. The number of primary amides is 1. The zero-order chi connectivity index (χ0) is 23.4. The van der Waals surface area contributed by atoms with Gasteiger partial charge in [-0.25, -0.2) is 4.98 Å². The molecule has 0 bridgehead atoms. The predicted molar refractivity (Wildman–Crippen MR) is 127 cm³/mol. The maximum absolute atomic E-state index is 12.5. The number of nitrogens with zero attached hydrogens (tertiary/aromatic N) is 2. The number of hydrogen-bond donors (Lipinski definition) is 3. The SMILES string of the molecule is Cc1c(C(N)=O)sc2ncc(-c3ccc(C[C@@H](C#N)NC(=O)[C@@H]4CNCCCO4)cc3)cc12. The molecule has 4 rings (SSSR count). The van der Waals surface area contributed by atoms with Gasteiger partial charge in [0.1, 0.15) is 17.0 Å². The Balaban J connectivity index is 1.45. The van der Waals surface area contributed by atoms with Gasteiger partial charge in [0, 0.05) is 36.7 Å². The van der Waals surface area contributed by atoms with E-state index in [-0.39, 0.29) is 5.91 Å². The molecule has 1 saturated heterocycles. The quantitative estimate of drug-likeness (QED) is 0.514. The van der Waals surface area contributed by atoms with Gasteiger partial charge in [-0.15, -0.1) is 11.3 Å². The van der Waals surface area contributed by atoms with Gasteiger partial charge in [-0.1, -0.05) is 24.3 Å². The number of thiophene rings is 1. The number of aromatic nitrogens is 1. The number of nitriles is 1. The third kappa shape index (κ3) is 5.20. The lowest BCUT2D eigenvalue weighted by Gasteiger charge is -2.18. The fourth-order valence-corrected chi connectivity index (χ4v) is 4.82. The lowest BCUT2D eigenvalue weighted by atomic mass is 10.0. The Bertz CT molecular complexity index is 1210. The number of aryl methyl sites for hydroxylation is 1. The highest BCUT2D eigenvalue weighted by atomic mass is 32.1. The van der Waals surface area contributed by atoms with Gasteiger partial charge < -0.3 is 21.1 Å². The van der Waals surface area contributed by atoms with Crippen LogP contribution in [0.15, 0.2) is 36.5 Å². The molecule has 1 aliphatic heterocycles. The van der Waals surface area contributed by atoms with E-state index in [4.69, 9.17) is 10.5 Å². The number of nitrogens with one attached hydrogen (secondary N) is 2. The molecule has 2 atom stereocenters. The summed E-state index contributed by atoms with van der Waals surface area (Å²) in [5, 5.41) is 16.4. The van der Waals surface area contributed by atoms with Gasteiger partial charge in [-0.05, 0) is 42.6 Å². The van der Waals surface area contributed by atoms with Crippen LogP contribution >= 0.6 is 11.3 Å². The van der Waals surface area contributed by atoms with Crippen molar-refractivity contribution in [2.45, 2.75) is 31.9 Å². The summed E-state index contributed by atoms with van der Waals surface area (Å²) in [5.41, 5.74) is 9.13. The van der Waals surface area contributed by atoms with Crippen molar-refractivity contribution in [3.63, 3.8) is 0 Å². The zero-order valence-electron chi connectivity index (χ0n) is 18.3. The Labute approximate surface area is 195 Å². The van der Waals surface area contributed by atoms with E-state index in [0.717, 1.165) is 45.4 Å². The lowest BCUT2D eigenvalue weighted by Crippen LogP contribution is -2.46. The first-order chi connectivity index (χ1) is 16.0. The Morgan fingerprint density at radius 2 is 2.15 bits per heavy atom. The van der Waals surface area contributed by atoms with Crippen LogP contribution in [0.3, 0.4) is 0 Å². The first kappa shape index (κ1) is 22.9. The molecular formula is C24H25N5O3S. The summed E-state index contributed by atoms with van der Waals surface area (Å²) < 4.78 is 5.56. The number of nitrogens with two attached hydrogens (primary N) is 1. The minimum atomic E-state index is -0.645. The van der Waals surface area contributed by atoms with Gasteiger partial charge in [0.05, 0.1) is 10.9 Å². The largest absolute Gasteiger partial charge is 0.367 e. The molecule has 1 aromatic carbocycles. The zero-order valence-corrected chi connectivity index (χ0v) is 19.1. The van der Waals surface area contributed by atoms with Crippen LogP contribution in [-0.4, -0.2) is 48.6 Å². The summed E-state index contributed by atoms with van der Waals surface area (Å²) in [6.45, 7) is 3.67. The first-order valence-corrected chi connectivity index (χ1v) is 11.6. The van der Waals surface area contributed by atoms with E-state index in [1.807, 2.05) is 37.3 Å². The molecule has 9 heteroatoms. The molecule has 0 saturated carbocycles. The number of benzene rings is 1. The second-order valence-electron chi connectivity index (χ2n) is 8.01. The van der Waals surface area contributed by atoms with Crippen molar-refractivity contribution in [2.75, 3.05) is 19.7 Å². The molecule has 170 valence electrons. The standard InChI is InChI=1S/C24H25N5O3S/c1-14-19-10-17(12-28-24(19)33-21(14)22(26)30)16-5-3-15(4-6-16)9-18(11-25)29-23(31)20-13-27-7-2-8-32-20/h3-6,10,12,18,20,27H,2,7-9,13H2,1H3,(H2,26,30)(H,29,31)/t18-,20-/m0/s1. The highest BCUT2D eigenvalue weighted by Gasteiger charge is 2.23. The summed E-state index contributed by atoms with van der Waals surface area (Å²) in [4.78, 5) is 29.9. The highest BCUT2D eigenvalue weighted by Crippen LogP contribution is 2.32. The number of ether oxygens (including phenoxy) is 1. The number of pyridine rings is 1. The molecule has 0 aliphatic carbocycles. The summed E-state index contributed by atoms with van der Waals surface area (Å²) in [7, 11) is 0. The molecule has 1 fully saturated rings. The van der Waals surface area contributed by atoms with Gasteiger partial charge in [-0.2, -0.15) is 5.26 Å². The van der Waals surface area contributed by atoms with Crippen molar-refractivity contribution in [2.24, 2.45) is 5.73 Å². The van der Waals surface area contributed by atoms with Crippen LogP contribution in [0.5, 0.6) is 0 Å². The molecule has 0 radical (unpaired) electrons. The molecule has 3 aromatic rings. The van der Waals surface area contributed by atoms with E-state index in [0.29, 0.717) is 24.4 Å². The van der Waals surface area contributed by atoms with Gasteiger partial charge in [0.15, 0.2) is 0 Å². The molecule has 2 amide bonds. The van der Waals surface area contributed by atoms with E-state index in [1.165, 1.54) is 11.3 Å². The van der Waals surface area contributed by atoms with Crippen molar-refractivity contribution in [3.8, 4) is 17.2 Å². The smallest absolute Gasteiger partial charge is 0.259 e. The molecule has 2 aromatic heterocycles. The normalized spacial score (nSPS) is 17.2. The van der Waals surface area contributed by atoms with Gasteiger partial charge >= 0.3 is 0 Å². The second kappa shape index (κ2) is 10.1. The van der Waals surface area contributed by atoms with E-state index in [9.17, 15) is 14.9 Å². The monoisotopic (exact) mass is 463 g/mol. The summed E-state index contributed by atoms with van der Waals surface area (Å²) in [6, 6.07) is 11.3. The van der Waals surface area contributed by atoms with Gasteiger partial charge in [-0.3, -0.25) is 9.59 Å². The van der Waals surface area contributed by atoms with Gasteiger partial charge in [0.25, 0.3) is 11.8 Å². The van der Waals surface area contributed by atoms with Crippen LogP contribution in [0.1, 0.15) is 27.2 Å². The average Bonchev–Trinajstić information content (AvgIpc) is 2.98. The first-order valence-electron chi connectivity index (χ1n) is 10.8.